The molecule has 6 nitrogen and oxygen atoms in total. The van der Waals surface area contributed by atoms with Gasteiger partial charge in [-0.25, -0.2) is 9.97 Å². The second kappa shape index (κ2) is 4.61. The van der Waals surface area contributed by atoms with Gasteiger partial charge in [0.2, 0.25) is 0 Å². The molecule has 3 N–H and O–H groups in total. The highest BCUT2D eigenvalue weighted by atomic mass is 16.1. The summed E-state index contributed by atoms with van der Waals surface area (Å²) in [7, 11) is 0. The lowest BCUT2D eigenvalue weighted by molar-refractivity contribution is 0.698. The monoisotopic (exact) mass is 219 g/mol. The van der Waals surface area contributed by atoms with E-state index in [1.165, 1.54) is 6.20 Å². The first-order valence-electron chi connectivity index (χ1n) is 5.10. The summed E-state index contributed by atoms with van der Waals surface area (Å²) in [5.74, 6) is 1.11. The molecule has 2 rings (SSSR count). The van der Waals surface area contributed by atoms with Crippen molar-refractivity contribution in [2.45, 2.75) is 19.4 Å². The first kappa shape index (κ1) is 10.4. The highest BCUT2D eigenvalue weighted by Crippen LogP contribution is 2.15. The van der Waals surface area contributed by atoms with Crippen molar-refractivity contribution in [3.05, 3.63) is 41.0 Å². The number of H-pyrrole nitrogens is 2. The van der Waals surface area contributed by atoms with E-state index in [1.54, 1.807) is 18.6 Å². The highest BCUT2D eigenvalue weighted by Gasteiger charge is 2.13. The van der Waals surface area contributed by atoms with E-state index >= 15 is 0 Å². The summed E-state index contributed by atoms with van der Waals surface area (Å²) in [5.41, 5.74) is -0.229. The van der Waals surface area contributed by atoms with Crippen molar-refractivity contribution in [1.82, 2.24) is 19.9 Å². The van der Waals surface area contributed by atoms with Crippen LogP contribution in [0.25, 0.3) is 0 Å². The number of hydrogen-bond donors (Lipinski definition) is 3. The Labute approximate surface area is 92.2 Å². The number of imidazole rings is 1. The average Bonchev–Trinajstić information content (AvgIpc) is 2.81. The van der Waals surface area contributed by atoms with E-state index in [9.17, 15) is 4.79 Å². The van der Waals surface area contributed by atoms with E-state index in [0.29, 0.717) is 5.82 Å². The standard InChI is InChI=1S/C10H13N5O/c1-2-7(8-11-3-4-12-8)15-9-10(16)14-6-5-13-9/h3-7H,2H2,1H3,(H,11,12)(H,13,15)(H,14,16). The Morgan fingerprint density at radius 2 is 2.06 bits per heavy atom. The minimum absolute atomic E-state index is 0.0361. The van der Waals surface area contributed by atoms with E-state index in [2.05, 4.69) is 25.3 Å². The Kier molecular flexibility index (Phi) is 3.00. The van der Waals surface area contributed by atoms with E-state index in [0.717, 1.165) is 12.2 Å². The quantitative estimate of drug-likeness (QED) is 0.717. The Morgan fingerprint density at radius 1 is 1.31 bits per heavy atom. The first-order chi connectivity index (χ1) is 7.81. The van der Waals surface area contributed by atoms with Crippen molar-refractivity contribution in [2.24, 2.45) is 0 Å². The highest BCUT2D eigenvalue weighted by molar-refractivity contribution is 5.32. The van der Waals surface area contributed by atoms with Crippen molar-refractivity contribution in [3.8, 4) is 0 Å². The summed E-state index contributed by atoms with van der Waals surface area (Å²) < 4.78 is 0. The second-order valence-electron chi connectivity index (χ2n) is 3.35. The molecule has 0 saturated carbocycles. The second-order valence-corrected chi connectivity index (χ2v) is 3.35. The zero-order valence-corrected chi connectivity index (χ0v) is 8.90. The van der Waals surface area contributed by atoms with Gasteiger partial charge in [0, 0.05) is 24.8 Å². The number of nitrogens with zero attached hydrogens (tertiary/aromatic N) is 2. The van der Waals surface area contributed by atoms with Gasteiger partial charge in [-0.3, -0.25) is 4.79 Å². The Hall–Kier alpha value is -2.11. The SMILES string of the molecule is CCC(Nc1ncc[nH]c1=O)c1ncc[nH]1. The average molecular weight is 219 g/mol. The molecular weight excluding hydrogens is 206 g/mol. The molecule has 0 radical (unpaired) electrons. The Balaban J connectivity index is 2.20. The van der Waals surface area contributed by atoms with Crippen LogP contribution in [-0.4, -0.2) is 19.9 Å². The number of aromatic nitrogens is 4. The summed E-state index contributed by atoms with van der Waals surface area (Å²) in [4.78, 5) is 25.1. The van der Waals surface area contributed by atoms with E-state index in [1.807, 2.05) is 6.92 Å². The van der Waals surface area contributed by atoms with Crippen LogP contribution in [0, 0.1) is 0 Å². The maximum atomic E-state index is 11.4. The zero-order chi connectivity index (χ0) is 11.4. The largest absolute Gasteiger partial charge is 0.356 e. The van der Waals surface area contributed by atoms with Gasteiger partial charge in [0.05, 0.1) is 6.04 Å². The van der Waals surface area contributed by atoms with Crippen molar-refractivity contribution in [3.63, 3.8) is 0 Å². The van der Waals surface area contributed by atoms with Gasteiger partial charge in [-0.1, -0.05) is 6.92 Å². The van der Waals surface area contributed by atoms with Crippen LogP contribution in [-0.2, 0) is 0 Å². The number of anilines is 1. The smallest absolute Gasteiger partial charge is 0.290 e. The van der Waals surface area contributed by atoms with Crippen molar-refractivity contribution >= 4 is 5.82 Å². The summed E-state index contributed by atoms with van der Waals surface area (Å²) in [6.45, 7) is 2.01. The van der Waals surface area contributed by atoms with E-state index in [-0.39, 0.29) is 11.6 Å². The van der Waals surface area contributed by atoms with Crippen molar-refractivity contribution in [1.29, 1.82) is 0 Å². The normalized spacial score (nSPS) is 12.3. The van der Waals surface area contributed by atoms with Crippen LogP contribution in [0.5, 0.6) is 0 Å². The van der Waals surface area contributed by atoms with Crippen LogP contribution in [0.3, 0.4) is 0 Å². The molecule has 0 aliphatic heterocycles. The molecule has 0 aliphatic carbocycles. The molecule has 0 saturated heterocycles. The molecule has 16 heavy (non-hydrogen) atoms. The third-order valence-corrected chi connectivity index (χ3v) is 2.28. The molecule has 0 aliphatic rings. The van der Waals surface area contributed by atoms with Gasteiger partial charge in [-0.15, -0.1) is 0 Å². The van der Waals surface area contributed by atoms with Crippen molar-refractivity contribution < 1.29 is 0 Å². The predicted octanol–water partition coefficient (Wildman–Crippen LogP) is 1.06. The number of nitrogens with one attached hydrogen (secondary N) is 3. The number of aromatic amines is 2. The van der Waals surface area contributed by atoms with Gasteiger partial charge in [-0.2, -0.15) is 0 Å². The third kappa shape index (κ3) is 2.10. The van der Waals surface area contributed by atoms with Crippen LogP contribution in [0.2, 0.25) is 0 Å². The molecule has 84 valence electrons. The van der Waals surface area contributed by atoms with Crippen LogP contribution in [0.1, 0.15) is 25.2 Å². The van der Waals surface area contributed by atoms with Crippen LogP contribution < -0.4 is 10.9 Å². The topological polar surface area (TPSA) is 86.5 Å². The summed E-state index contributed by atoms with van der Waals surface area (Å²) in [6.07, 6.45) is 7.29. The predicted molar refractivity (Wildman–Crippen MR) is 60.1 cm³/mol. The molecule has 0 aromatic carbocycles. The summed E-state index contributed by atoms with van der Waals surface area (Å²) >= 11 is 0. The molecule has 0 amide bonds. The maximum absolute atomic E-state index is 11.4. The van der Waals surface area contributed by atoms with Gasteiger partial charge in [0.1, 0.15) is 5.82 Å². The first-order valence-corrected chi connectivity index (χ1v) is 5.10. The fraction of sp³-hybridized carbons (Fsp3) is 0.300. The lowest BCUT2D eigenvalue weighted by atomic mass is 10.2. The summed E-state index contributed by atoms with van der Waals surface area (Å²) in [6, 6.07) is -0.0361. The van der Waals surface area contributed by atoms with Gasteiger partial charge >= 0.3 is 0 Å². The number of rotatable bonds is 4. The van der Waals surface area contributed by atoms with Crippen molar-refractivity contribution in [2.75, 3.05) is 5.32 Å². The number of hydrogen-bond acceptors (Lipinski definition) is 4. The molecule has 0 bridgehead atoms. The molecule has 6 heteroatoms. The van der Waals surface area contributed by atoms with Crippen LogP contribution in [0.15, 0.2) is 29.6 Å². The van der Waals surface area contributed by atoms with E-state index < -0.39 is 0 Å². The molecule has 1 unspecified atom stereocenters. The fourth-order valence-corrected chi connectivity index (χ4v) is 1.45. The molecular formula is C10H13N5O. The Morgan fingerprint density at radius 3 is 2.69 bits per heavy atom. The minimum atomic E-state index is -0.229. The molecule has 1 atom stereocenters. The molecule has 0 fully saturated rings. The lowest BCUT2D eigenvalue weighted by Crippen LogP contribution is -2.20. The van der Waals surface area contributed by atoms with E-state index in [4.69, 9.17) is 0 Å². The van der Waals surface area contributed by atoms with Gasteiger partial charge in [0.25, 0.3) is 5.56 Å². The third-order valence-electron chi connectivity index (χ3n) is 2.28. The van der Waals surface area contributed by atoms with Crippen LogP contribution >= 0.6 is 0 Å². The molecule has 2 aromatic heterocycles. The lowest BCUT2D eigenvalue weighted by Gasteiger charge is -2.13. The fourth-order valence-electron chi connectivity index (χ4n) is 1.45. The molecule has 2 aromatic rings. The zero-order valence-electron chi connectivity index (χ0n) is 8.90. The molecule has 2 heterocycles. The van der Waals surface area contributed by atoms with Gasteiger partial charge in [-0.05, 0) is 6.42 Å². The Bertz CT molecular complexity index is 490. The van der Waals surface area contributed by atoms with Gasteiger partial charge < -0.3 is 15.3 Å². The maximum Gasteiger partial charge on any atom is 0.290 e. The minimum Gasteiger partial charge on any atom is -0.356 e. The summed E-state index contributed by atoms with van der Waals surface area (Å²) in [5, 5.41) is 3.05. The van der Waals surface area contributed by atoms with Gasteiger partial charge in [0.15, 0.2) is 5.82 Å². The van der Waals surface area contributed by atoms with Crippen LogP contribution in [0.4, 0.5) is 5.82 Å². The molecule has 0 spiro atoms.